The second-order valence-electron chi connectivity index (χ2n) is 7.95. The smallest absolute Gasteiger partial charge is 0.251 e. The number of nitrogens with one attached hydrogen (secondary N) is 3. The second kappa shape index (κ2) is 13.0. The van der Waals surface area contributed by atoms with Crippen molar-refractivity contribution in [2.45, 2.75) is 51.0 Å². The molecule has 1 aliphatic carbocycles. The van der Waals surface area contributed by atoms with E-state index in [1.807, 2.05) is 48.5 Å². The zero-order valence-corrected chi connectivity index (χ0v) is 17.9. The van der Waals surface area contributed by atoms with Gasteiger partial charge in [-0.15, -0.1) is 0 Å². The van der Waals surface area contributed by atoms with Crippen molar-refractivity contribution < 1.29 is 9.53 Å². The zero-order valence-electron chi connectivity index (χ0n) is 17.9. The molecule has 1 aliphatic rings. The molecule has 0 aromatic heterocycles. The van der Waals surface area contributed by atoms with Crippen molar-refractivity contribution in [3.63, 3.8) is 0 Å². The molecule has 0 spiro atoms. The average Bonchev–Trinajstić information content (AvgIpc) is 2.79. The number of ether oxygens (including phenoxy) is 1. The molecule has 1 fully saturated rings. The zero-order chi connectivity index (χ0) is 20.9. The van der Waals surface area contributed by atoms with E-state index < -0.39 is 0 Å². The van der Waals surface area contributed by atoms with Crippen LogP contribution in [0, 0.1) is 0 Å². The van der Waals surface area contributed by atoms with Crippen molar-refractivity contribution in [3.8, 4) is 11.5 Å². The highest BCUT2D eigenvalue weighted by Gasteiger charge is 2.11. The molecule has 162 valence electrons. The number of hydrogen-bond acceptors (Lipinski definition) is 4. The molecule has 0 unspecified atom stereocenters. The summed E-state index contributed by atoms with van der Waals surface area (Å²) in [5, 5.41) is 10.1. The molecule has 0 aliphatic heterocycles. The van der Waals surface area contributed by atoms with E-state index in [9.17, 15) is 4.79 Å². The Bertz CT molecular complexity index is 745. The monoisotopic (exact) mass is 409 g/mol. The Hall–Kier alpha value is -2.37. The summed E-state index contributed by atoms with van der Waals surface area (Å²) in [6, 6.07) is 17.6. The summed E-state index contributed by atoms with van der Waals surface area (Å²) in [5.41, 5.74) is 0.621. The van der Waals surface area contributed by atoms with E-state index in [1.54, 1.807) is 6.07 Å². The van der Waals surface area contributed by atoms with E-state index >= 15 is 0 Å². The first kappa shape index (κ1) is 22.3. The highest BCUT2D eigenvalue weighted by molar-refractivity contribution is 5.94. The molecule has 1 amide bonds. The fraction of sp³-hybridized carbons (Fsp3) is 0.480. The van der Waals surface area contributed by atoms with Gasteiger partial charge in [0.15, 0.2) is 0 Å². The van der Waals surface area contributed by atoms with Gasteiger partial charge in [0.25, 0.3) is 5.91 Å². The highest BCUT2D eigenvalue weighted by atomic mass is 16.5. The number of benzene rings is 2. The van der Waals surface area contributed by atoms with E-state index in [0.717, 1.165) is 44.3 Å². The number of amides is 1. The number of carbonyl (C=O) groups is 1. The van der Waals surface area contributed by atoms with Crippen LogP contribution in [0.3, 0.4) is 0 Å². The third kappa shape index (κ3) is 8.17. The minimum Gasteiger partial charge on any atom is -0.457 e. The number of carbonyl (C=O) groups excluding carboxylic acids is 1. The Balaban J connectivity index is 1.24. The van der Waals surface area contributed by atoms with Gasteiger partial charge >= 0.3 is 0 Å². The Labute approximate surface area is 180 Å². The van der Waals surface area contributed by atoms with Gasteiger partial charge in [-0.2, -0.15) is 0 Å². The van der Waals surface area contributed by atoms with Crippen molar-refractivity contribution >= 4 is 5.91 Å². The lowest BCUT2D eigenvalue weighted by Gasteiger charge is -2.22. The van der Waals surface area contributed by atoms with Crippen molar-refractivity contribution in [3.05, 3.63) is 60.2 Å². The summed E-state index contributed by atoms with van der Waals surface area (Å²) in [7, 11) is 0. The molecular weight excluding hydrogens is 374 g/mol. The van der Waals surface area contributed by atoms with Crippen LogP contribution in [-0.2, 0) is 0 Å². The van der Waals surface area contributed by atoms with E-state index in [1.165, 1.54) is 32.1 Å². The molecule has 0 saturated heterocycles. The van der Waals surface area contributed by atoms with E-state index in [2.05, 4.69) is 16.0 Å². The fourth-order valence-corrected chi connectivity index (χ4v) is 3.80. The van der Waals surface area contributed by atoms with Crippen LogP contribution in [0.15, 0.2) is 54.6 Å². The van der Waals surface area contributed by atoms with E-state index in [-0.39, 0.29) is 5.91 Å². The maximum atomic E-state index is 12.4. The van der Waals surface area contributed by atoms with Gasteiger partial charge in [-0.25, -0.2) is 0 Å². The quantitative estimate of drug-likeness (QED) is 0.452. The minimum atomic E-state index is -0.0573. The Kier molecular flexibility index (Phi) is 9.70. The van der Waals surface area contributed by atoms with Crippen molar-refractivity contribution in [2.75, 3.05) is 26.2 Å². The minimum absolute atomic E-state index is 0.0573. The van der Waals surface area contributed by atoms with E-state index in [0.29, 0.717) is 17.9 Å². The molecule has 3 N–H and O–H groups in total. The fourth-order valence-electron chi connectivity index (χ4n) is 3.80. The molecule has 0 atom stereocenters. The molecule has 0 heterocycles. The molecular formula is C25H35N3O2. The maximum Gasteiger partial charge on any atom is 0.251 e. The first-order valence-electron chi connectivity index (χ1n) is 11.4. The summed E-state index contributed by atoms with van der Waals surface area (Å²) < 4.78 is 5.80. The Morgan fingerprint density at radius 2 is 1.60 bits per heavy atom. The first-order chi connectivity index (χ1) is 14.8. The van der Waals surface area contributed by atoms with Crippen molar-refractivity contribution in [1.82, 2.24) is 16.0 Å². The summed E-state index contributed by atoms with van der Waals surface area (Å²) >= 11 is 0. The normalized spacial score (nSPS) is 14.4. The van der Waals surface area contributed by atoms with Crippen LogP contribution >= 0.6 is 0 Å². The van der Waals surface area contributed by atoms with Gasteiger partial charge in [0, 0.05) is 31.2 Å². The summed E-state index contributed by atoms with van der Waals surface area (Å²) in [4.78, 5) is 12.4. The number of para-hydroxylation sites is 1. The molecule has 30 heavy (non-hydrogen) atoms. The molecule has 5 heteroatoms. The molecule has 0 bridgehead atoms. The van der Waals surface area contributed by atoms with Crippen LogP contribution in [0.1, 0.15) is 55.3 Å². The van der Waals surface area contributed by atoms with Crippen LogP contribution in [0.5, 0.6) is 11.5 Å². The molecule has 5 nitrogen and oxygen atoms in total. The molecule has 3 rings (SSSR count). The molecule has 2 aromatic rings. The predicted molar refractivity (Wildman–Crippen MR) is 122 cm³/mol. The van der Waals surface area contributed by atoms with Gasteiger partial charge in [-0.3, -0.25) is 4.79 Å². The van der Waals surface area contributed by atoms with Gasteiger partial charge in [0.1, 0.15) is 11.5 Å². The van der Waals surface area contributed by atoms with Crippen molar-refractivity contribution in [1.29, 1.82) is 0 Å². The van der Waals surface area contributed by atoms with Gasteiger partial charge in [-0.1, -0.05) is 43.5 Å². The molecule has 0 radical (unpaired) electrons. The van der Waals surface area contributed by atoms with Crippen LogP contribution < -0.4 is 20.7 Å². The summed E-state index contributed by atoms with van der Waals surface area (Å²) in [5.74, 6) is 1.37. The van der Waals surface area contributed by atoms with Gasteiger partial charge in [0.05, 0.1) is 0 Å². The van der Waals surface area contributed by atoms with Crippen molar-refractivity contribution in [2.24, 2.45) is 0 Å². The second-order valence-corrected chi connectivity index (χ2v) is 7.95. The molecule has 1 saturated carbocycles. The standard InChI is InChI=1S/C25H35N3O2/c29-25(21-10-9-15-24(20-21)30-23-13-5-2-6-14-23)28-17-8-7-16-26-18-19-27-22-11-3-1-4-12-22/h2,5-6,9-10,13-15,20,22,26-27H,1,3-4,7-8,11-12,16-19H2,(H,28,29). The lowest BCUT2D eigenvalue weighted by molar-refractivity contribution is 0.0952. The predicted octanol–water partition coefficient (Wildman–Crippen LogP) is 4.50. The largest absolute Gasteiger partial charge is 0.457 e. The number of hydrogen-bond donors (Lipinski definition) is 3. The first-order valence-corrected chi connectivity index (χ1v) is 11.4. The third-order valence-electron chi connectivity index (χ3n) is 5.48. The molecule has 2 aromatic carbocycles. The topological polar surface area (TPSA) is 62.4 Å². The van der Waals surface area contributed by atoms with Crippen LogP contribution in [-0.4, -0.2) is 38.1 Å². The number of unbranched alkanes of at least 4 members (excludes halogenated alkanes) is 1. The van der Waals surface area contributed by atoms with Gasteiger partial charge in [0.2, 0.25) is 0 Å². The lowest BCUT2D eigenvalue weighted by Crippen LogP contribution is -2.36. The SMILES string of the molecule is O=C(NCCCCNCCNC1CCCCC1)c1cccc(Oc2ccccc2)c1. The summed E-state index contributed by atoms with van der Waals surface area (Å²) in [6.07, 6.45) is 8.85. The van der Waals surface area contributed by atoms with Gasteiger partial charge in [-0.05, 0) is 62.6 Å². The summed E-state index contributed by atoms with van der Waals surface area (Å²) in [6.45, 7) is 3.73. The average molecular weight is 410 g/mol. The third-order valence-corrected chi connectivity index (χ3v) is 5.48. The van der Waals surface area contributed by atoms with E-state index in [4.69, 9.17) is 4.74 Å². The Morgan fingerprint density at radius 1 is 0.833 bits per heavy atom. The highest BCUT2D eigenvalue weighted by Crippen LogP contribution is 2.21. The van der Waals surface area contributed by atoms with Crippen LogP contribution in [0.25, 0.3) is 0 Å². The van der Waals surface area contributed by atoms with Crippen LogP contribution in [0.4, 0.5) is 0 Å². The maximum absolute atomic E-state index is 12.4. The number of rotatable bonds is 12. The Morgan fingerprint density at radius 3 is 2.43 bits per heavy atom. The lowest BCUT2D eigenvalue weighted by atomic mass is 9.95. The van der Waals surface area contributed by atoms with Gasteiger partial charge < -0.3 is 20.7 Å². The van der Waals surface area contributed by atoms with Crippen LogP contribution in [0.2, 0.25) is 0 Å².